The summed E-state index contributed by atoms with van der Waals surface area (Å²) in [6.07, 6.45) is -18.1. The Bertz CT molecular complexity index is 4250. The molecule has 47 heteroatoms. The van der Waals surface area contributed by atoms with Crippen LogP contribution in [0.4, 0.5) is 34.1 Å². The van der Waals surface area contributed by atoms with E-state index in [0.29, 0.717) is 4.90 Å². The molecular weight excluding hydrogens is 2550 g/mol. The number of benzene rings is 3. The van der Waals surface area contributed by atoms with Gasteiger partial charge in [0.2, 0.25) is 24.2 Å². The van der Waals surface area contributed by atoms with Gasteiger partial charge in [-0.3, -0.25) is 86.5 Å². The first-order valence-electron chi connectivity index (χ1n) is 33.5. The van der Waals surface area contributed by atoms with Crippen LogP contribution in [-0.2, 0) is 105 Å². The summed E-state index contributed by atoms with van der Waals surface area (Å²) in [4.78, 5) is 232. The van der Waals surface area contributed by atoms with E-state index in [1.165, 1.54) is 21.1 Å². The van der Waals surface area contributed by atoms with Crippen molar-refractivity contribution >= 4 is 333 Å². The minimum absolute atomic E-state index is 0.0400. The number of esters is 9. The Morgan fingerprint density at radius 1 is 0.357 bits per heavy atom. The van der Waals surface area contributed by atoms with Crippen molar-refractivity contribution in [2.24, 2.45) is 0 Å². The summed E-state index contributed by atoms with van der Waals surface area (Å²) < 4.78 is 46.2. The van der Waals surface area contributed by atoms with Crippen LogP contribution in [0.15, 0.2) is 0 Å². The third-order valence-corrected chi connectivity index (χ3v) is 24.7. The molecule has 636 valence electrons. The second-order valence-electron chi connectivity index (χ2n) is 24.6. The third-order valence-electron chi connectivity index (χ3n) is 15.2. The highest BCUT2D eigenvalue weighted by Gasteiger charge is 2.47. The molecule has 38 nitrogen and oxygen atoms in total. The van der Waals surface area contributed by atoms with Crippen molar-refractivity contribution in [1.29, 1.82) is 0 Å². The van der Waals surface area contributed by atoms with Gasteiger partial charge >= 0.3 is 53.7 Å². The van der Waals surface area contributed by atoms with Gasteiger partial charge < -0.3 is 98.6 Å². The molecule has 3 rings (SSSR count). The maximum absolute atomic E-state index is 17.3. The molecule has 0 spiro atoms. The highest BCUT2D eigenvalue weighted by Crippen LogP contribution is 2.53. The van der Waals surface area contributed by atoms with Crippen LogP contribution in [0.1, 0.15) is 120 Å². The Kier molecular flexibility index (Phi) is 44.4. The average Bonchev–Trinajstić information content (AvgIpc) is 0.718. The number of halogens is 9. The molecule has 0 saturated heterocycles. The summed E-state index contributed by atoms with van der Waals surface area (Å²) in [5.74, 6) is -18.3. The molecule has 115 heavy (non-hydrogen) atoms. The standard InChI is InChI=1S/C68H80I9N7O31/c1-14-15-16-41(100)83(56-47(71)42(65(103)80(11)17-35(97)20-85)45(69)54(51(56)75)78-63(101)60(113-32(8)94)38(110-29(5)91)23-107-26(2)88)58-49(73)44(67(105)82(13)19-37(99)22-87)50(74)59(53(58)77)84(68(106)62(115-34(10)96)40(112-31(7)93)25-109-28(4)90)57-48(72)43(66(104)81(12)18-36(98)21-86)46(70)55(52(57)76)79-64(102)61(114-33(9)95)39(111-30(6)92)24-108-27(3)89/h35-40,60-62,85-87,97-99H,14-25H2,1-13H3,(H,78,101)(H,79,102). The van der Waals surface area contributed by atoms with E-state index < -0.39 is 261 Å². The van der Waals surface area contributed by atoms with E-state index in [2.05, 4.69) is 10.6 Å². The van der Waals surface area contributed by atoms with Crippen molar-refractivity contribution < 1.29 is 150 Å². The number of nitrogens with one attached hydrogen (secondary N) is 2. The van der Waals surface area contributed by atoms with Gasteiger partial charge in [-0.2, -0.15) is 0 Å². The first-order chi connectivity index (χ1) is 53.5. The van der Waals surface area contributed by atoms with Crippen LogP contribution in [0.3, 0.4) is 0 Å². The van der Waals surface area contributed by atoms with Gasteiger partial charge in [0.15, 0.2) is 18.3 Å². The number of amides is 7. The number of nitrogens with zero attached hydrogens (tertiary/aromatic N) is 5. The summed E-state index contributed by atoms with van der Waals surface area (Å²) >= 11 is 14.9. The van der Waals surface area contributed by atoms with Gasteiger partial charge in [-0.25, -0.2) is 0 Å². The Morgan fingerprint density at radius 2 is 0.617 bits per heavy atom. The lowest BCUT2D eigenvalue weighted by molar-refractivity contribution is -0.176. The molecule has 7 amide bonds. The van der Waals surface area contributed by atoms with Crippen molar-refractivity contribution in [3.63, 3.8) is 0 Å². The van der Waals surface area contributed by atoms with Gasteiger partial charge in [0.05, 0.1) is 121 Å². The lowest BCUT2D eigenvalue weighted by Gasteiger charge is -2.37. The van der Waals surface area contributed by atoms with Gasteiger partial charge in [0.25, 0.3) is 35.4 Å². The van der Waals surface area contributed by atoms with Crippen LogP contribution in [-0.4, -0.2) is 276 Å². The Hall–Kier alpha value is -4.49. The largest absolute Gasteiger partial charge is 0.462 e. The predicted molar refractivity (Wildman–Crippen MR) is 478 cm³/mol. The second-order valence-corrected chi connectivity index (χ2v) is 34.3. The van der Waals surface area contributed by atoms with Gasteiger partial charge in [0.1, 0.15) is 19.8 Å². The molecule has 0 fully saturated rings. The quantitative estimate of drug-likeness (QED) is 0.0210. The van der Waals surface area contributed by atoms with Crippen molar-refractivity contribution in [1.82, 2.24) is 14.7 Å². The molecule has 0 aliphatic rings. The van der Waals surface area contributed by atoms with E-state index in [4.69, 9.17) is 42.6 Å². The van der Waals surface area contributed by atoms with E-state index in [1.807, 2.05) is 0 Å². The van der Waals surface area contributed by atoms with Crippen molar-refractivity contribution in [2.75, 3.05) is 101 Å². The number of hydrogen-bond donors (Lipinski definition) is 8. The van der Waals surface area contributed by atoms with E-state index >= 15 is 33.6 Å². The van der Waals surface area contributed by atoms with Crippen molar-refractivity contribution in [3.8, 4) is 0 Å². The molecular formula is C68H80I9N7O31. The monoisotopic (exact) mass is 2630 g/mol. The molecule has 0 aliphatic heterocycles. The number of aliphatic hydroxyl groups excluding tert-OH is 6. The zero-order valence-corrected chi connectivity index (χ0v) is 82.6. The number of carbonyl (C=O) groups excluding carboxylic acids is 16. The fourth-order valence-corrected chi connectivity index (χ4v) is 23.7. The Labute approximate surface area is 780 Å². The lowest BCUT2D eigenvalue weighted by atomic mass is 10.0. The van der Waals surface area contributed by atoms with E-state index in [1.54, 1.807) is 210 Å². The van der Waals surface area contributed by atoms with Gasteiger partial charge in [-0.1, -0.05) is 13.3 Å². The van der Waals surface area contributed by atoms with Crippen molar-refractivity contribution in [3.05, 3.63) is 48.8 Å². The van der Waals surface area contributed by atoms with Gasteiger partial charge in [0, 0.05) is 110 Å². The molecule has 0 heterocycles. The number of ether oxygens (including phenoxy) is 9. The van der Waals surface area contributed by atoms with Crippen LogP contribution in [0, 0.1) is 32.1 Å². The van der Waals surface area contributed by atoms with Crippen LogP contribution >= 0.6 is 203 Å². The van der Waals surface area contributed by atoms with E-state index in [-0.39, 0.29) is 50.7 Å². The summed E-state index contributed by atoms with van der Waals surface area (Å²) in [6, 6.07) is 0. The number of likely N-dealkylation sites (N-methyl/N-ethyl adjacent to an activating group) is 3. The highest BCUT2D eigenvalue weighted by atomic mass is 127. The average molecular weight is 2630 g/mol. The fourth-order valence-electron chi connectivity index (χ4n) is 10.3. The van der Waals surface area contributed by atoms with Crippen LogP contribution in [0.2, 0.25) is 0 Å². The highest BCUT2D eigenvalue weighted by molar-refractivity contribution is 14.1. The van der Waals surface area contributed by atoms with Gasteiger partial charge in [-0.05, 0) is 210 Å². The van der Waals surface area contributed by atoms with Crippen LogP contribution in [0.25, 0.3) is 0 Å². The minimum atomic E-state index is -2.58. The Balaban J connectivity index is 3.32. The molecule has 0 aromatic heterocycles. The number of carbonyl (C=O) groups is 16. The normalized spacial score (nSPS) is 13.4. The summed E-state index contributed by atoms with van der Waals surface area (Å²) in [5.41, 5.74) is -4.42. The lowest BCUT2D eigenvalue weighted by Crippen LogP contribution is -2.50. The molecule has 3 aromatic rings. The maximum atomic E-state index is 17.3. The SMILES string of the molecule is CCCCC(=O)N(c1c(I)c(NC(=O)C(OC(C)=O)C(COC(C)=O)OC(C)=O)c(I)c(C(=O)N(C)CC(O)CO)c1I)c1c(I)c(C(=O)N(C)CC(O)CO)c(I)c(N(C(=O)C(OC(C)=O)C(COC(C)=O)OC(C)=O)c2c(I)c(NC(=O)C(OC(C)=O)C(COC(C)=O)OC(C)=O)c(I)c(C(=O)N(C)CC(O)CO)c2I)c1I. The molecule has 9 unspecified atom stereocenters. The topological polar surface area (TPSA) is 518 Å². The maximum Gasteiger partial charge on any atom is 0.303 e. The summed E-state index contributed by atoms with van der Waals surface area (Å²) in [7, 11) is 3.57. The van der Waals surface area contributed by atoms with Crippen LogP contribution < -0.4 is 20.4 Å². The number of unbranched alkanes of at least 4 members (excludes halogenated alkanes) is 1. The molecule has 3 aromatic carbocycles. The number of aliphatic hydroxyl groups is 6. The third kappa shape index (κ3) is 29.1. The number of anilines is 6. The molecule has 8 N–H and O–H groups in total. The zero-order valence-electron chi connectivity index (χ0n) is 63.2. The smallest absolute Gasteiger partial charge is 0.303 e. The molecule has 0 bridgehead atoms. The van der Waals surface area contributed by atoms with Gasteiger partial charge in [-0.15, -0.1) is 0 Å². The molecule has 9 atom stereocenters. The number of rotatable bonds is 39. The molecule has 0 aliphatic carbocycles. The summed E-state index contributed by atoms with van der Waals surface area (Å²) in [5, 5.41) is 68.3. The van der Waals surface area contributed by atoms with E-state index in [0.717, 1.165) is 81.9 Å². The molecule has 0 radical (unpaired) electrons. The first-order valence-corrected chi connectivity index (χ1v) is 43.2. The minimum Gasteiger partial charge on any atom is -0.462 e. The predicted octanol–water partition coefficient (Wildman–Crippen LogP) is 5.08. The zero-order chi connectivity index (χ0) is 88.0. The van der Waals surface area contributed by atoms with Crippen LogP contribution in [0.5, 0.6) is 0 Å². The molecule has 0 saturated carbocycles. The van der Waals surface area contributed by atoms with E-state index in [9.17, 15) is 73.8 Å². The van der Waals surface area contributed by atoms with Crippen molar-refractivity contribution in [2.45, 2.75) is 143 Å². The number of hydrogen-bond acceptors (Lipinski definition) is 31. The Morgan fingerprint density at radius 3 is 0.896 bits per heavy atom. The fraction of sp³-hybridized carbons (Fsp3) is 0.500. The summed E-state index contributed by atoms with van der Waals surface area (Å²) in [6.45, 7) is 2.34. The first kappa shape index (κ1) is 105. The second kappa shape index (κ2) is 48.8.